The summed E-state index contributed by atoms with van der Waals surface area (Å²) in [6.45, 7) is 1.05. The average molecular weight is 201 g/mol. The Hall–Kier alpha value is -2.04. The molecule has 0 aliphatic heterocycles. The predicted octanol–water partition coefficient (Wildman–Crippen LogP) is 1.16. The molecule has 0 amide bonds. The summed E-state index contributed by atoms with van der Waals surface area (Å²) in [5.74, 6) is 0.541. The van der Waals surface area contributed by atoms with Crippen LogP contribution in [-0.2, 0) is 0 Å². The minimum Gasteiger partial charge on any atom is -0.493 e. The van der Waals surface area contributed by atoms with Crippen LogP contribution in [0, 0.1) is 22.7 Å². The van der Waals surface area contributed by atoms with Gasteiger partial charge >= 0.3 is 0 Å². The smallest absolute Gasteiger partial charge is 0.121 e. The van der Waals surface area contributed by atoms with Gasteiger partial charge in [-0.05, 0) is 31.2 Å². The van der Waals surface area contributed by atoms with E-state index in [9.17, 15) is 0 Å². The highest BCUT2D eigenvalue weighted by atomic mass is 16.5. The van der Waals surface area contributed by atoms with Crippen molar-refractivity contribution in [1.82, 2.24) is 0 Å². The van der Waals surface area contributed by atoms with Crippen LogP contribution in [-0.4, -0.2) is 13.2 Å². The van der Waals surface area contributed by atoms with Crippen LogP contribution in [0.3, 0.4) is 0 Å². The second-order valence-electron chi connectivity index (χ2n) is 2.96. The molecule has 0 bridgehead atoms. The number of rotatable bonds is 4. The molecule has 0 heterocycles. The Morgan fingerprint density at radius 2 is 1.73 bits per heavy atom. The summed E-state index contributed by atoms with van der Waals surface area (Å²) in [4.78, 5) is 0. The Bertz CT molecular complexity index is 383. The maximum atomic E-state index is 8.72. The Morgan fingerprint density at radius 1 is 1.13 bits per heavy atom. The number of nitriles is 2. The van der Waals surface area contributed by atoms with E-state index in [4.69, 9.17) is 21.0 Å². The molecule has 0 aliphatic carbocycles. The first-order valence-corrected chi connectivity index (χ1v) is 4.58. The van der Waals surface area contributed by atoms with Crippen LogP contribution in [0.15, 0.2) is 18.2 Å². The van der Waals surface area contributed by atoms with Crippen LogP contribution >= 0.6 is 0 Å². The minimum atomic E-state index is 0.428. The lowest BCUT2D eigenvalue weighted by atomic mass is 10.1. The zero-order valence-electron chi connectivity index (χ0n) is 8.23. The van der Waals surface area contributed by atoms with Crippen LogP contribution < -0.4 is 10.5 Å². The topological polar surface area (TPSA) is 82.8 Å². The SMILES string of the molecule is N#Cc1cc(C#N)cc(OCCCN)c1. The van der Waals surface area contributed by atoms with E-state index in [1.165, 1.54) is 6.07 Å². The Kier molecular flexibility index (Phi) is 4.15. The van der Waals surface area contributed by atoms with Gasteiger partial charge < -0.3 is 10.5 Å². The summed E-state index contributed by atoms with van der Waals surface area (Å²) in [5.41, 5.74) is 6.18. The number of ether oxygens (including phenoxy) is 1. The van der Waals surface area contributed by atoms with Gasteiger partial charge in [0.2, 0.25) is 0 Å². The summed E-state index contributed by atoms with van der Waals surface area (Å²) in [5, 5.41) is 17.4. The molecule has 4 heteroatoms. The van der Waals surface area contributed by atoms with Crippen molar-refractivity contribution in [2.45, 2.75) is 6.42 Å². The van der Waals surface area contributed by atoms with Crippen molar-refractivity contribution >= 4 is 0 Å². The molecule has 0 saturated carbocycles. The molecular weight excluding hydrogens is 190 g/mol. The highest BCUT2D eigenvalue weighted by Gasteiger charge is 2.00. The van der Waals surface area contributed by atoms with Crippen LogP contribution in [0.2, 0.25) is 0 Å². The van der Waals surface area contributed by atoms with Crippen molar-refractivity contribution in [3.63, 3.8) is 0 Å². The molecule has 0 fully saturated rings. The van der Waals surface area contributed by atoms with Crippen molar-refractivity contribution in [1.29, 1.82) is 10.5 Å². The van der Waals surface area contributed by atoms with Crippen molar-refractivity contribution in [2.75, 3.05) is 13.2 Å². The molecule has 15 heavy (non-hydrogen) atoms. The first-order valence-electron chi connectivity index (χ1n) is 4.58. The predicted molar refractivity (Wildman–Crippen MR) is 55.0 cm³/mol. The zero-order valence-corrected chi connectivity index (χ0v) is 8.23. The lowest BCUT2D eigenvalue weighted by molar-refractivity contribution is 0.313. The molecule has 0 aliphatic rings. The fraction of sp³-hybridized carbons (Fsp3) is 0.273. The summed E-state index contributed by atoms with van der Waals surface area (Å²) in [7, 11) is 0. The number of nitrogens with two attached hydrogens (primary N) is 1. The van der Waals surface area contributed by atoms with Gasteiger partial charge in [-0.15, -0.1) is 0 Å². The van der Waals surface area contributed by atoms with E-state index >= 15 is 0 Å². The molecular formula is C11H11N3O. The quantitative estimate of drug-likeness (QED) is 0.741. The van der Waals surface area contributed by atoms with Gasteiger partial charge in [0.15, 0.2) is 0 Å². The summed E-state index contributed by atoms with van der Waals surface area (Å²) >= 11 is 0. The van der Waals surface area contributed by atoms with Crippen LogP contribution in [0.4, 0.5) is 0 Å². The highest BCUT2D eigenvalue weighted by Crippen LogP contribution is 2.16. The average Bonchev–Trinajstić information content (AvgIpc) is 2.29. The van der Waals surface area contributed by atoms with Crippen molar-refractivity contribution in [3.8, 4) is 17.9 Å². The molecule has 1 aromatic rings. The second-order valence-corrected chi connectivity index (χ2v) is 2.96. The fourth-order valence-electron chi connectivity index (χ4n) is 1.08. The third kappa shape index (κ3) is 3.30. The van der Waals surface area contributed by atoms with Crippen molar-refractivity contribution in [2.24, 2.45) is 5.73 Å². The number of hydrogen-bond acceptors (Lipinski definition) is 4. The zero-order chi connectivity index (χ0) is 11.1. The monoisotopic (exact) mass is 201 g/mol. The van der Waals surface area contributed by atoms with E-state index in [0.29, 0.717) is 30.0 Å². The molecule has 1 rings (SSSR count). The molecule has 0 unspecified atom stereocenters. The normalized spacial score (nSPS) is 9.00. The van der Waals surface area contributed by atoms with E-state index in [-0.39, 0.29) is 0 Å². The van der Waals surface area contributed by atoms with Crippen molar-refractivity contribution < 1.29 is 4.74 Å². The van der Waals surface area contributed by atoms with Crippen LogP contribution in [0.1, 0.15) is 17.5 Å². The Morgan fingerprint density at radius 3 is 2.20 bits per heavy atom. The lowest BCUT2D eigenvalue weighted by Crippen LogP contribution is -2.06. The van der Waals surface area contributed by atoms with Gasteiger partial charge in [0.1, 0.15) is 5.75 Å². The van der Waals surface area contributed by atoms with Gasteiger partial charge in [0.25, 0.3) is 0 Å². The molecule has 4 nitrogen and oxygen atoms in total. The number of nitrogens with zero attached hydrogens (tertiary/aromatic N) is 2. The molecule has 0 aromatic heterocycles. The van der Waals surface area contributed by atoms with Crippen LogP contribution in [0.5, 0.6) is 5.75 Å². The first-order chi connectivity index (χ1) is 7.30. The van der Waals surface area contributed by atoms with Gasteiger partial charge in [-0.2, -0.15) is 10.5 Å². The molecule has 2 N–H and O–H groups in total. The number of hydrogen-bond donors (Lipinski definition) is 1. The van der Waals surface area contributed by atoms with E-state index in [1.54, 1.807) is 12.1 Å². The summed E-state index contributed by atoms with van der Waals surface area (Å²) in [6.07, 6.45) is 0.749. The van der Waals surface area contributed by atoms with Crippen LogP contribution in [0.25, 0.3) is 0 Å². The minimum absolute atomic E-state index is 0.428. The standard InChI is InChI=1S/C11H11N3O/c12-2-1-3-15-11-5-9(7-13)4-10(6-11)8-14/h4-6H,1-3,12H2. The third-order valence-electron chi connectivity index (χ3n) is 1.78. The molecule has 0 spiro atoms. The summed E-state index contributed by atoms with van der Waals surface area (Å²) < 4.78 is 5.35. The largest absolute Gasteiger partial charge is 0.493 e. The van der Waals surface area contributed by atoms with Gasteiger partial charge in [-0.25, -0.2) is 0 Å². The Labute approximate surface area is 88.5 Å². The van der Waals surface area contributed by atoms with Gasteiger partial charge in [-0.3, -0.25) is 0 Å². The van der Waals surface area contributed by atoms with Gasteiger partial charge in [0.05, 0.1) is 29.9 Å². The Balaban J connectivity index is 2.80. The lowest BCUT2D eigenvalue weighted by Gasteiger charge is -2.05. The summed E-state index contributed by atoms with van der Waals surface area (Å²) in [6, 6.07) is 8.69. The second kappa shape index (κ2) is 5.64. The van der Waals surface area contributed by atoms with E-state index in [2.05, 4.69) is 0 Å². The molecule has 0 saturated heterocycles. The third-order valence-corrected chi connectivity index (χ3v) is 1.78. The number of benzene rings is 1. The van der Waals surface area contributed by atoms with E-state index in [1.807, 2.05) is 12.1 Å². The molecule has 0 radical (unpaired) electrons. The highest BCUT2D eigenvalue weighted by molar-refractivity contribution is 5.45. The van der Waals surface area contributed by atoms with Crippen molar-refractivity contribution in [3.05, 3.63) is 29.3 Å². The maximum Gasteiger partial charge on any atom is 0.121 e. The maximum absolute atomic E-state index is 8.72. The van der Waals surface area contributed by atoms with Gasteiger partial charge in [0, 0.05) is 0 Å². The molecule has 1 aromatic carbocycles. The molecule has 76 valence electrons. The fourth-order valence-corrected chi connectivity index (χ4v) is 1.08. The van der Waals surface area contributed by atoms with E-state index < -0.39 is 0 Å². The van der Waals surface area contributed by atoms with E-state index in [0.717, 1.165) is 6.42 Å². The van der Waals surface area contributed by atoms with Gasteiger partial charge in [-0.1, -0.05) is 0 Å². The molecule has 0 atom stereocenters. The first kappa shape index (κ1) is 11.0.